The topological polar surface area (TPSA) is 65.0 Å². The number of carboxylic acid groups (broad SMARTS) is 1. The zero-order valence-corrected chi connectivity index (χ0v) is 8.10. The standard InChI is InChI=1S/C10H10O5/c1-13-9(10(11)12)6-3-2-4-7-8(6)15-5-14-7/h2-4,9H,5H2,1H3,(H,11,12). The molecule has 1 N–H and O–H groups in total. The van der Waals surface area contributed by atoms with E-state index >= 15 is 0 Å². The fourth-order valence-corrected chi connectivity index (χ4v) is 1.52. The van der Waals surface area contributed by atoms with E-state index in [2.05, 4.69) is 0 Å². The summed E-state index contributed by atoms with van der Waals surface area (Å²) < 4.78 is 15.2. The van der Waals surface area contributed by atoms with Crippen molar-refractivity contribution in [2.24, 2.45) is 0 Å². The zero-order valence-electron chi connectivity index (χ0n) is 8.10. The number of carbonyl (C=O) groups is 1. The maximum Gasteiger partial charge on any atom is 0.337 e. The van der Waals surface area contributed by atoms with E-state index in [1.54, 1.807) is 18.2 Å². The van der Waals surface area contributed by atoms with Crippen LogP contribution in [0, 0.1) is 0 Å². The van der Waals surface area contributed by atoms with Crippen LogP contribution in [0.3, 0.4) is 0 Å². The molecule has 1 heterocycles. The number of para-hydroxylation sites is 1. The second-order valence-electron chi connectivity index (χ2n) is 3.04. The molecule has 2 rings (SSSR count). The number of ether oxygens (including phenoxy) is 3. The van der Waals surface area contributed by atoms with E-state index in [1.165, 1.54) is 7.11 Å². The summed E-state index contributed by atoms with van der Waals surface area (Å²) in [5.74, 6) is -0.0519. The first-order valence-electron chi connectivity index (χ1n) is 4.38. The van der Waals surface area contributed by atoms with Crippen LogP contribution in [0.15, 0.2) is 18.2 Å². The fourth-order valence-electron chi connectivity index (χ4n) is 1.52. The van der Waals surface area contributed by atoms with Gasteiger partial charge in [-0.3, -0.25) is 0 Å². The number of hydrogen-bond donors (Lipinski definition) is 1. The first-order chi connectivity index (χ1) is 7.24. The molecule has 1 aliphatic heterocycles. The second kappa shape index (κ2) is 3.78. The minimum absolute atomic E-state index is 0.113. The Labute approximate surface area is 86.2 Å². The van der Waals surface area contributed by atoms with E-state index in [0.717, 1.165) is 0 Å². The molecule has 0 fully saturated rings. The van der Waals surface area contributed by atoms with Crippen molar-refractivity contribution in [1.82, 2.24) is 0 Å². The zero-order chi connectivity index (χ0) is 10.8. The van der Waals surface area contributed by atoms with Crippen LogP contribution in [-0.4, -0.2) is 25.0 Å². The van der Waals surface area contributed by atoms with Gasteiger partial charge in [-0.05, 0) is 6.07 Å². The molecule has 1 unspecified atom stereocenters. The average Bonchev–Trinajstić information content (AvgIpc) is 2.66. The SMILES string of the molecule is COC(C(=O)O)c1cccc2c1OCO2. The lowest BCUT2D eigenvalue weighted by Gasteiger charge is -2.12. The number of benzene rings is 1. The molecule has 80 valence electrons. The van der Waals surface area contributed by atoms with Crippen LogP contribution in [0.1, 0.15) is 11.7 Å². The minimum atomic E-state index is -1.05. The van der Waals surface area contributed by atoms with Gasteiger partial charge in [-0.2, -0.15) is 0 Å². The molecule has 0 bridgehead atoms. The smallest absolute Gasteiger partial charge is 0.337 e. The van der Waals surface area contributed by atoms with E-state index < -0.39 is 12.1 Å². The van der Waals surface area contributed by atoms with Gasteiger partial charge in [0.15, 0.2) is 17.6 Å². The van der Waals surface area contributed by atoms with Crippen LogP contribution in [0.25, 0.3) is 0 Å². The Morgan fingerprint density at radius 1 is 1.53 bits per heavy atom. The third-order valence-corrected chi connectivity index (χ3v) is 2.17. The third kappa shape index (κ3) is 1.61. The van der Waals surface area contributed by atoms with Crippen LogP contribution in [0.5, 0.6) is 11.5 Å². The molecule has 1 aromatic rings. The van der Waals surface area contributed by atoms with Crippen LogP contribution < -0.4 is 9.47 Å². The Morgan fingerprint density at radius 3 is 3.00 bits per heavy atom. The Morgan fingerprint density at radius 2 is 2.33 bits per heavy atom. The predicted molar refractivity (Wildman–Crippen MR) is 50.0 cm³/mol. The molecular formula is C10H10O5. The van der Waals surface area contributed by atoms with E-state index in [4.69, 9.17) is 19.3 Å². The van der Waals surface area contributed by atoms with Crippen LogP contribution in [0.2, 0.25) is 0 Å². The third-order valence-electron chi connectivity index (χ3n) is 2.17. The van der Waals surface area contributed by atoms with E-state index in [-0.39, 0.29) is 6.79 Å². The highest BCUT2D eigenvalue weighted by molar-refractivity contribution is 5.76. The Hall–Kier alpha value is -1.75. The van der Waals surface area contributed by atoms with Crippen molar-refractivity contribution in [3.8, 4) is 11.5 Å². The Balaban J connectivity index is 2.43. The van der Waals surface area contributed by atoms with Gasteiger partial charge in [0.1, 0.15) is 0 Å². The number of carboxylic acids is 1. The summed E-state index contributed by atoms with van der Waals surface area (Å²) in [6.45, 7) is 0.113. The molecule has 1 aliphatic rings. The molecule has 0 spiro atoms. The number of rotatable bonds is 3. The summed E-state index contributed by atoms with van der Waals surface area (Å²) in [6.07, 6.45) is -1.03. The number of methoxy groups -OCH3 is 1. The first-order valence-corrected chi connectivity index (χ1v) is 4.38. The van der Waals surface area contributed by atoms with Crippen molar-refractivity contribution >= 4 is 5.97 Å². The van der Waals surface area contributed by atoms with Gasteiger partial charge in [-0.25, -0.2) is 4.79 Å². The van der Waals surface area contributed by atoms with Crippen molar-refractivity contribution in [3.63, 3.8) is 0 Å². The summed E-state index contributed by atoms with van der Waals surface area (Å²) in [5.41, 5.74) is 0.472. The minimum Gasteiger partial charge on any atom is -0.479 e. The maximum atomic E-state index is 10.9. The molecule has 5 nitrogen and oxygen atoms in total. The molecule has 1 atom stereocenters. The molecule has 0 amide bonds. The van der Waals surface area contributed by atoms with E-state index in [1.807, 2.05) is 0 Å². The Bertz CT molecular complexity index is 387. The van der Waals surface area contributed by atoms with Gasteiger partial charge in [0.25, 0.3) is 0 Å². The van der Waals surface area contributed by atoms with Crippen LogP contribution in [0.4, 0.5) is 0 Å². The lowest BCUT2D eigenvalue weighted by molar-refractivity contribution is -0.149. The molecule has 0 aromatic heterocycles. The quantitative estimate of drug-likeness (QED) is 0.811. The summed E-state index contributed by atoms with van der Waals surface area (Å²) in [7, 11) is 1.34. The molecular weight excluding hydrogens is 200 g/mol. The summed E-state index contributed by atoms with van der Waals surface area (Å²) in [6, 6.07) is 5.08. The van der Waals surface area contributed by atoms with Crippen LogP contribution in [-0.2, 0) is 9.53 Å². The molecule has 0 aliphatic carbocycles. The summed E-state index contributed by atoms with van der Waals surface area (Å²) in [5, 5.41) is 8.94. The van der Waals surface area contributed by atoms with Crippen molar-refractivity contribution in [3.05, 3.63) is 23.8 Å². The number of fused-ring (bicyclic) bond motifs is 1. The number of aliphatic carboxylic acids is 1. The van der Waals surface area contributed by atoms with E-state index in [0.29, 0.717) is 17.1 Å². The number of hydrogen-bond acceptors (Lipinski definition) is 4. The van der Waals surface area contributed by atoms with Crippen LogP contribution >= 0.6 is 0 Å². The first kappa shape index (κ1) is 9.79. The Kier molecular flexibility index (Phi) is 2.47. The van der Waals surface area contributed by atoms with Gasteiger partial charge >= 0.3 is 5.97 Å². The normalized spacial score (nSPS) is 15.0. The van der Waals surface area contributed by atoms with Gasteiger partial charge < -0.3 is 19.3 Å². The molecule has 15 heavy (non-hydrogen) atoms. The largest absolute Gasteiger partial charge is 0.479 e. The summed E-state index contributed by atoms with van der Waals surface area (Å²) in [4.78, 5) is 10.9. The second-order valence-corrected chi connectivity index (χ2v) is 3.04. The van der Waals surface area contributed by atoms with Crippen molar-refractivity contribution in [1.29, 1.82) is 0 Å². The van der Waals surface area contributed by atoms with E-state index in [9.17, 15) is 4.79 Å². The van der Waals surface area contributed by atoms with Gasteiger partial charge in [0.05, 0.1) is 0 Å². The molecule has 0 saturated carbocycles. The lowest BCUT2D eigenvalue weighted by Crippen LogP contribution is -2.14. The predicted octanol–water partition coefficient (Wildman–Crippen LogP) is 1.19. The monoisotopic (exact) mass is 210 g/mol. The molecule has 5 heteroatoms. The average molecular weight is 210 g/mol. The highest BCUT2D eigenvalue weighted by Crippen LogP contribution is 2.39. The highest BCUT2D eigenvalue weighted by atomic mass is 16.7. The summed E-state index contributed by atoms with van der Waals surface area (Å²) >= 11 is 0. The van der Waals surface area contributed by atoms with Crippen molar-refractivity contribution in [2.45, 2.75) is 6.10 Å². The fraction of sp³-hybridized carbons (Fsp3) is 0.300. The highest BCUT2D eigenvalue weighted by Gasteiger charge is 2.27. The maximum absolute atomic E-state index is 10.9. The molecule has 0 radical (unpaired) electrons. The van der Waals surface area contributed by atoms with Crippen molar-refractivity contribution < 1.29 is 24.1 Å². The van der Waals surface area contributed by atoms with Crippen molar-refractivity contribution in [2.75, 3.05) is 13.9 Å². The molecule has 0 saturated heterocycles. The molecule has 1 aromatic carbocycles. The van der Waals surface area contributed by atoms with Gasteiger partial charge in [0.2, 0.25) is 6.79 Å². The lowest BCUT2D eigenvalue weighted by atomic mass is 10.1. The van der Waals surface area contributed by atoms with Gasteiger partial charge in [-0.15, -0.1) is 0 Å². The van der Waals surface area contributed by atoms with Gasteiger partial charge in [0, 0.05) is 12.7 Å². The van der Waals surface area contributed by atoms with Gasteiger partial charge in [-0.1, -0.05) is 12.1 Å².